The predicted molar refractivity (Wildman–Crippen MR) is 172 cm³/mol. The molecule has 2 aromatic carbocycles. The van der Waals surface area contributed by atoms with Crippen LogP contribution in [0.3, 0.4) is 0 Å². The third-order valence-electron chi connectivity index (χ3n) is 7.76. The number of H-pyrrole nitrogens is 1. The van der Waals surface area contributed by atoms with Crippen molar-refractivity contribution < 1.29 is 19.0 Å². The summed E-state index contributed by atoms with van der Waals surface area (Å²) < 4.78 is 16.6. The maximum absolute atomic E-state index is 8.58. The summed E-state index contributed by atoms with van der Waals surface area (Å²) in [5.41, 5.74) is 23.4. The van der Waals surface area contributed by atoms with E-state index in [0.717, 1.165) is 35.4 Å². The van der Waals surface area contributed by atoms with Gasteiger partial charge in [-0.05, 0) is 79.6 Å². The molecule has 0 bridgehead atoms. The van der Waals surface area contributed by atoms with Crippen LogP contribution in [-0.4, -0.2) is 51.0 Å². The van der Waals surface area contributed by atoms with E-state index in [1.165, 1.54) is 35.1 Å². The van der Waals surface area contributed by atoms with E-state index in [1.807, 2.05) is 31.5 Å². The SMILES string of the molecule is CC1COC2=C1C=C(CCN)NC2c1ccc2cc[nH]c2c1.COc1cc(C(C)OC)cc(C=NC2CC2)c1N.NC=O. The highest BCUT2D eigenvalue weighted by Gasteiger charge is 2.33. The lowest BCUT2D eigenvalue weighted by atomic mass is 9.92. The van der Waals surface area contributed by atoms with E-state index in [2.05, 4.69) is 58.3 Å². The first-order valence-electron chi connectivity index (χ1n) is 14.6. The van der Waals surface area contributed by atoms with Gasteiger partial charge < -0.3 is 41.7 Å². The van der Waals surface area contributed by atoms with Crippen LogP contribution in [0, 0.1) is 5.92 Å². The number of fused-ring (bicyclic) bond motifs is 1. The maximum atomic E-state index is 8.58. The summed E-state index contributed by atoms with van der Waals surface area (Å²) in [4.78, 5) is 16.3. The second-order valence-corrected chi connectivity index (χ2v) is 10.9. The van der Waals surface area contributed by atoms with E-state index in [0.29, 0.717) is 29.9 Å². The Morgan fingerprint density at radius 3 is 2.63 bits per heavy atom. The van der Waals surface area contributed by atoms with Crippen LogP contribution in [0.25, 0.3) is 10.9 Å². The Kier molecular flexibility index (Phi) is 10.9. The number of aromatic nitrogens is 1. The zero-order valence-electron chi connectivity index (χ0n) is 25.4. The number of nitrogen functional groups attached to an aromatic ring is 1. The van der Waals surface area contributed by atoms with Crippen molar-refractivity contribution in [3.8, 4) is 5.75 Å². The number of carbonyl (C=O) groups is 1. The first-order valence-corrected chi connectivity index (χ1v) is 14.6. The predicted octanol–water partition coefficient (Wildman–Crippen LogP) is 4.63. The van der Waals surface area contributed by atoms with Crippen molar-refractivity contribution in [2.45, 2.75) is 51.3 Å². The molecular formula is C33H44N6O4. The molecular weight excluding hydrogens is 544 g/mol. The van der Waals surface area contributed by atoms with Gasteiger partial charge in [-0.2, -0.15) is 0 Å². The van der Waals surface area contributed by atoms with Gasteiger partial charge in [0.25, 0.3) is 0 Å². The molecule has 3 heterocycles. The Balaban J connectivity index is 0.000000184. The molecule has 1 aliphatic carbocycles. The van der Waals surface area contributed by atoms with Crippen molar-refractivity contribution in [1.29, 1.82) is 0 Å². The number of nitrogens with zero attached hydrogens (tertiary/aromatic N) is 1. The van der Waals surface area contributed by atoms with Crippen LogP contribution < -0.4 is 27.3 Å². The topological polar surface area (TPSA) is 163 Å². The Bertz CT molecular complexity index is 1490. The summed E-state index contributed by atoms with van der Waals surface area (Å²) in [6, 6.07) is 13.1. The normalized spacial score (nSPS) is 19.7. The highest BCUT2D eigenvalue weighted by molar-refractivity contribution is 5.89. The Morgan fingerprint density at radius 1 is 1.19 bits per heavy atom. The van der Waals surface area contributed by atoms with Gasteiger partial charge in [0, 0.05) is 47.8 Å². The van der Waals surface area contributed by atoms with Gasteiger partial charge in [0.2, 0.25) is 6.41 Å². The van der Waals surface area contributed by atoms with Gasteiger partial charge in [0.05, 0.1) is 31.5 Å². The number of primary amides is 1. The molecule has 1 aromatic heterocycles. The number of benzene rings is 2. The fourth-order valence-electron chi connectivity index (χ4n) is 5.08. The van der Waals surface area contributed by atoms with E-state index in [4.69, 9.17) is 30.5 Å². The number of methoxy groups -OCH3 is 2. The van der Waals surface area contributed by atoms with Gasteiger partial charge in [-0.3, -0.25) is 9.79 Å². The van der Waals surface area contributed by atoms with Crippen molar-refractivity contribution in [3.63, 3.8) is 0 Å². The number of hydrogen-bond donors (Lipinski definition) is 5. The summed E-state index contributed by atoms with van der Waals surface area (Å²) >= 11 is 0. The van der Waals surface area contributed by atoms with Crippen molar-refractivity contribution in [3.05, 3.63) is 82.4 Å². The van der Waals surface area contributed by atoms with Gasteiger partial charge in [-0.15, -0.1) is 0 Å². The fraction of sp³-hybridized carbons (Fsp3) is 0.394. The number of rotatable bonds is 8. The molecule has 1 saturated carbocycles. The van der Waals surface area contributed by atoms with Crippen LogP contribution in [0.1, 0.15) is 61.9 Å². The van der Waals surface area contributed by atoms with Gasteiger partial charge in [-0.1, -0.05) is 19.1 Å². The second kappa shape index (κ2) is 14.8. The number of nitrogens with one attached hydrogen (secondary N) is 2. The van der Waals surface area contributed by atoms with Crippen molar-refractivity contribution in [2.24, 2.45) is 22.4 Å². The van der Waals surface area contributed by atoms with E-state index in [9.17, 15) is 0 Å². The molecule has 8 N–H and O–H groups in total. The van der Waals surface area contributed by atoms with Gasteiger partial charge in [0.15, 0.2) is 0 Å². The summed E-state index contributed by atoms with van der Waals surface area (Å²) in [5.74, 6) is 2.19. The van der Waals surface area contributed by atoms with Crippen LogP contribution in [0.15, 0.2) is 70.7 Å². The molecule has 3 aromatic rings. The number of ether oxygens (including phenoxy) is 3. The number of aromatic amines is 1. The maximum Gasteiger partial charge on any atom is 0.204 e. The van der Waals surface area contributed by atoms with Crippen molar-refractivity contribution >= 4 is 29.2 Å². The fourth-order valence-corrected chi connectivity index (χ4v) is 5.08. The number of carbonyl (C=O) groups excluding carboxylic acids is 1. The highest BCUT2D eigenvalue weighted by atomic mass is 16.5. The van der Waals surface area contributed by atoms with Gasteiger partial charge in [0.1, 0.15) is 17.6 Å². The van der Waals surface area contributed by atoms with Gasteiger partial charge >= 0.3 is 0 Å². The first-order chi connectivity index (χ1) is 20.8. The number of dihydropyridines is 1. The monoisotopic (exact) mass is 588 g/mol. The highest BCUT2D eigenvalue weighted by Crippen LogP contribution is 2.39. The largest absolute Gasteiger partial charge is 0.495 e. The number of nitrogens with two attached hydrogens (primary N) is 3. The zero-order valence-corrected chi connectivity index (χ0v) is 25.4. The molecule has 43 heavy (non-hydrogen) atoms. The lowest BCUT2D eigenvalue weighted by Crippen LogP contribution is -2.27. The summed E-state index contributed by atoms with van der Waals surface area (Å²) in [6.45, 7) is 5.63. The van der Waals surface area contributed by atoms with E-state index < -0.39 is 0 Å². The smallest absolute Gasteiger partial charge is 0.204 e. The molecule has 3 unspecified atom stereocenters. The molecule has 2 aliphatic heterocycles. The van der Waals surface area contributed by atoms with Crippen LogP contribution in [0.4, 0.5) is 5.69 Å². The molecule has 1 fully saturated rings. The van der Waals surface area contributed by atoms with E-state index in [-0.39, 0.29) is 18.6 Å². The van der Waals surface area contributed by atoms with Crippen LogP contribution in [-0.2, 0) is 14.3 Å². The molecule has 230 valence electrons. The molecule has 3 atom stereocenters. The molecule has 10 heteroatoms. The second-order valence-electron chi connectivity index (χ2n) is 10.9. The summed E-state index contributed by atoms with van der Waals surface area (Å²) in [7, 11) is 3.31. The first kappa shape index (κ1) is 31.7. The number of aliphatic imine (C=N–C) groups is 1. The molecule has 0 spiro atoms. The minimum atomic E-state index is 0.00701. The molecule has 3 aliphatic rings. The van der Waals surface area contributed by atoms with Gasteiger partial charge in [-0.25, -0.2) is 0 Å². The van der Waals surface area contributed by atoms with E-state index >= 15 is 0 Å². The average Bonchev–Trinajstić information content (AvgIpc) is 3.60. The third kappa shape index (κ3) is 7.77. The zero-order chi connectivity index (χ0) is 30.9. The van der Waals surface area contributed by atoms with Crippen molar-refractivity contribution in [1.82, 2.24) is 10.3 Å². The van der Waals surface area contributed by atoms with Crippen LogP contribution >= 0.6 is 0 Å². The molecule has 6 rings (SSSR count). The summed E-state index contributed by atoms with van der Waals surface area (Å²) in [5, 5.41) is 4.83. The molecule has 10 nitrogen and oxygen atoms in total. The van der Waals surface area contributed by atoms with Crippen LogP contribution in [0.2, 0.25) is 0 Å². The Morgan fingerprint density at radius 2 is 1.95 bits per heavy atom. The Labute approximate surface area is 253 Å². The summed E-state index contributed by atoms with van der Waals surface area (Å²) in [6.07, 6.45) is 9.54. The standard InChI is InChI=1S/C18H21N3O.C14H20N2O2.CH3NO/c1-11-10-22-18-15(11)9-14(4-6-19)21-17(18)13-3-2-12-5-7-20-16(12)8-13;1-9(17-2)10-6-11(8-16-12-4-5-12)14(15)13(7-10)18-3;2-1-3/h2-3,5,7-9,11,17,20-21H,4,6,10,19H2,1H3;6-9,12H,4-5,15H2,1-3H3;1H,(H2,2,3). The molecule has 0 radical (unpaired) electrons. The van der Waals surface area contributed by atoms with Crippen molar-refractivity contribution in [2.75, 3.05) is 33.1 Å². The molecule has 0 saturated heterocycles. The Hall–Kier alpha value is -4.28. The third-order valence-corrected chi connectivity index (χ3v) is 7.76. The number of allylic oxidation sites excluding steroid dienone is 1. The molecule has 1 amide bonds. The minimum Gasteiger partial charge on any atom is -0.495 e. The lowest BCUT2D eigenvalue weighted by molar-refractivity contribution is -0.106. The number of anilines is 1. The number of amides is 1. The lowest BCUT2D eigenvalue weighted by Gasteiger charge is -2.27. The average molecular weight is 589 g/mol. The van der Waals surface area contributed by atoms with E-state index in [1.54, 1.807) is 14.2 Å². The van der Waals surface area contributed by atoms with Crippen LogP contribution in [0.5, 0.6) is 5.75 Å². The number of hydrogen-bond acceptors (Lipinski definition) is 8. The minimum absolute atomic E-state index is 0.00701. The quantitative estimate of drug-likeness (QED) is 0.145.